The van der Waals surface area contributed by atoms with Crippen LogP contribution in [0.2, 0.25) is 0 Å². The molecule has 0 aliphatic heterocycles. The molecule has 0 fully saturated rings. The second-order valence-corrected chi connectivity index (χ2v) is 5.98. The molecule has 5 heteroatoms. The smallest absolute Gasteiger partial charge is 0.133 e. The van der Waals surface area contributed by atoms with E-state index >= 15 is 0 Å². The van der Waals surface area contributed by atoms with Crippen LogP contribution in [0.15, 0.2) is 29.2 Å². The summed E-state index contributed by atoms with van der Waals surface area (Å²) in [5.41, 5.74) is 2.46. The number of aromatic nitrogens is 2. The van der Waals surface area contributed by atoms with Gasteiger partial charge in [-0.1, -0.05) is 12.2 Å². The fourth-order valence-corrected chi connectivity index (χ4v) is 3.36. The van der Waals surface area contributed by atoms with Crippen molar-refractivity contribution < 1.29 is 4.39 Å². The van der Waals surface area contributed by atoms with Crippen molar-refractivity contribution in [3.63, 3.8) is 0 Å². The van der Waals surface area contributed by atoms with E-state index in [1.807, 2.05) is 0 Å². The molecule has 1 aliphatic carbocycles. The number of rotatable bonds is 3. The van der Waals surface area contributed by atoms with Crippen molar-refractivity contribution in [3.8, 4) is 0 Å². The average molecular weight is 292 g/mol. The number of hydrogen-bond donors (Lipinski definition) is 1. The normalized spacial score (nSPS) is 13.5. The van der Waals surface area contributed by atoms with E-state index in [1.54, 1.807) is 23.9 Å². The molecule has 1 heterocycles. The first kappa shape index (κ1) is 12.8. The van der Waals surface area contributed by atoms with E-state index in [4.69, 9.17) is 12.2 Å². The SMILES string of the molecule is Fc1ccc(SCc2nc(=S)c3c([nH]2)CCC3)cc1. The van der Waals surface area contributed by atoms with Gasteiger partial charge in [-0.05, 0) is 43.5 Å². The van der Waals surface area contributed by atoms with Crippen molar-refractivity contribution in [2.24, 2.45) is 0 Å². The maximum atomic E-state index is 12.8. The highest BCUT2D eigenvalue weighted by Crippen LogP contribution is 2.24. The van der Waals surface area contributed by atoms with E-state index in [2.05, 4.69) is 9.97 Å². The molecule has 3 rings (SSSR count). The summed E-state index contributed by atoms with van der Waals surface area (Å²) in [5.74, 6) is 1.42. The summed E-state index contributed by atoms with van der Waals surface area (Å²) in [7, 11) is 0. The second-order valence-electron chi connectivity index (χ2n) is 4.54. The Morgan fingerprint density at radius 2 is 2.05 bits per heavy atom. The largest absolute Gasteiger partial charge is 0.346 e. The molecule has 19 heavy (non-hydrogen) atoms. The first-order valence-electron chi connectivity index (χ1n) is 6.22. The second kappa shape index (κ2) is 5.43. The predicted molar refractivity (Wildman–Crippen MR) is 77.4 cm³/mol. The first-order valence-corrected chi connectivity index (χ1v) is 7.61. The zero-order valence-electron chi connectivity index (χ0n) is 10.3. The number of aryl methyl sites for hydroxylation is 1. The van der Waals surface area contributed by atoms with Crippen molar-refractivity contribution in [2.45, 2.75) is 29.9 Å². The van der Waals surface area contributed by atoms with Crippen molar-refractivity contribution in [1.82, 2.24) is 9.97 Å². The topological polar surface area (TPSA) is 28.7 Å². The quantitative estimate of drug-likeness (QED) is 0.683. The van der Waals surface area contributed by atoms with Crippen LogP contribution < -0.4 is 0 Å². The van der Waals surface area contributed by atoms with E-state index < -0.39 is 0 Å². The maximum absolute atomic E-state index is 12.8. The Hall–Kier alpha value is -1.20. The Morgan fingerprint density at radius 3 is 2.84 bits per heavy atom. The van der Waals surface area contributed by atoms with Gasteiger partial charge in [0.15, 0.2) is 0 Å². The lowest BCUT2D eigenvalue weighted by atomic mass is 10.3. The summed E-state index contributed by atoms with van der Waals surface area (Å²) in [5, 5.41) is 0. The predicted octanol–water partition coefficient (Wildman–Crippen LogP) is 4.06. The van der Waals surface area contributed by atoms with Crippen LogP contribution in [0.1, 0.15) is 23.5 Å². The Kier molecular flexibility index (Phi) is 3.66. The standard InChI is InChI=1S/C14H13FN2S2/c15-9-4-6-10(7-5-9)19-8-13-16-12-3-1-2-11(12)14(18)17-13/h4-7H,1-3,8H2,(H,16,17,18). The van der Waals surface area contributed by atoms with E-state index in [9.17, 15) is 4.39 Å². The Morgan fingerprint density at radius 1 is 1.26 bits per heavy atom. The number of thioether (sulfide) groups is 1. The zero-order chi connectivity index (χ0) is 13.2. The molecule has 0 atom stereocenters. The molecular weight excluding hydrogens is 279 g/mol. The van der Waals surface area contributed by atoms with Crippen LogP contribution >= 0.6 is 24.0 Å². The molecule has 0 unspecified atom stereocenters. The fraction of sp³-hybridized carbons (Fsp3) is 0.286. The number of hydrogen-bond acceptors (Lipinski definition) is 3. The van der Waals surface area contributed by atoms with Crippen LogP contribution in [0.5, 0.6) is 0 Å². The molecule has 1 N–H and O–H groups in total. The Balaban J connectivity index is 1.75. The molecule has 98 valence electrons. The maximum Gasteiger partial charge on any atom is 0.133 e. The lowest BCUT2D eigenvalue weighted by Gasteiger charge is -2.05. The molecule has 0 radical (unpaired) electrons. The van der Waals surface area contributed by atoms with E-state index in [0.717, 1.165) is 40.4 Å². The number of benzene rings is 1. The summed E-state index contributed by atoms with van der Waals surface area (Å²) >= 11 is 6.95. The highest BCUT2D eigenvalue weighted by atomic mass is 32.2. The zero-order valence-corrected chi connectivity index (χ0v) is 11.9. The highest BCUT2D eigenvalue weighted by molar-refractivity contribution is 7.98. The molecule has 0 saturated heterocycles. The molecule has 0 amide bonds. The molecule has 0 bridgehead atoms. The van der Waals surface area contributed by atoms with Gasteiger partial charge in [0.05, 0.1) is 5.75 Å². The summed E-state index contributed by atoms with van der Waals surface area (Å²) in [6, 6.07) is 6.51. The summed E-state index contributed by atoms with van der Waals surface area (Å²) in [6.45, 7) is 0. The molecule has 1 aliphatic rings. The minimum atomic E-state index is -0.209. The van der Waals surface area contributed by atoms with Crippen LogP contribution in [0.4, 0.5) is 4.39 Å². The van der Waals surface area contributed by atoms with Gasteiger partial charge in [0.25, 0.3) is 0 Å². The van der Waals surface area contributed by atoms with Gasteiger partial charge in [-0.2, -0.15) is 0 Å². The number of fused-ring (bicyclic) bond motifs is 1. The molecule has 0 saturated carbocycles. The van der Waals surface area contributed by atoms with Crippen molar-refractivity contribution in [2.75, 3.05) is 0 Å². The summed E-state index contributed by atoms with van der Waals surface area (Å²) in [4.78, 5) is 8.85. The number of nitrogens with zero attached hydrogens (tertiary/aromatic N) is 1. The molecule has 2 aromatic rings. The van der Waals surface area contributed by atoms with Crippen molar-refractivity contribution in [3.05, 3.63) is 51.8 Å². The van der Waals surface area contributed by atoms with Gasteiger partial charge in [-0.3, -0.25) is 0 Å². The van der Waals surface area contributed by atoms with Gasteiger partial charge < -0.3 is 4.98 Å². The summed E-state index contributed by atoms with van der Waals surface area (Å²) in [6.07, 6.45) is 3.27. The van der Waals surface area contributed by atoms with Crippen molar-refractivity contribution >= 4 is 24.0 Å². The van der Waals surface area contributed by atoms with Gasteiger partial charge in [0.2, 0.25) is 0 Å². The lowest BCUT2D eigenvalue weighted by molar-refractivity contribution is 0.626. The van der Waals surface area contributed by atoms with Gasteiger partial charge >= 0.3 is 0 Å². The number of H-pyrrole nitrogens is 1. The lowest BCUT2D eigenvalue weighted by Crippen LogP contribution is -1.99. The van der Waals surface area contributed by atoms with Gasteiger partial charge in [-0.25, -0.2) is 9.37 Å². The van der Waals surface area contributed by atoms with Gasteiger partial charge in [0, 0.05) is 16.2 Å². The number of aromatic amines is 1. The van der Waals surface area contributed by atoms with Crippen LogP contribution in [-0.4, -0.2) is 9.97 Å². The van der Waals surface area contributed by atoms with E-state index in [1.165, 1.54) is 23.4 Å². The summed E-state index contributed by atoms with van der Waals surface area (Å²) < 4.78 is 13.5. The number of nitrogens with one attached hydrogen (secondary N) is 1. The third-order valence-electron chi connectivity index (χ3n) is 3.20. The van der Waals surface area contributed by atoms with Gasteiger partial charge in [0.1, 0.15) is 16.3 Å². The Labute approximate surface area is 120 Å². The van der Waals surface area contributed by atoms with E-state index in [0.29, 0.717) is 0 Å². The first-order chi connectivity index (χ1) is 9.22. The molecule has 2 nitrogen and oxygen atoms in total. The molecular formula is C14H13FN2S2. The molecule has 0 spiro atoms. The minimum absolute atomic E-state index is 0.209. The minimum Gasteiger partial charge on any atom is -0.346 e. The third kappa shape index (κ3) is 2.87. The van der Waals surface area contributed by atoms with Crippen LogP contribution in [0, 0.1) is 10.5 Å². The van der Waals surface area contributed by atoms with Crippen LogP contribution in [0.3, 0.4) is 0 Å². The number of halogens is 1. The Bertz CT molecular complexity index is 649. The fourth-order valence-electron chi connectivity index (χ4n) is 2.26. The third-order valence-corrected chi connectivity index (χ3v) is 4.56. The van der Waals surface area contributed by atoms with Crippen LogP contribution in [-0.2, 0) is 18.6 Å². The van der Waals surface area contributed by atoms with E-state index in [-0.39, 0.29) is 5.82 Å². The van der Waals surface area contributed by atoms with Crippen LogP contribution in [0.25, 0.3) is 0 Å². The monoisotopic (exact) mass is 292 g/mol. The molecule has 1 aromatic heterocycles. The van der Waals surface area contributed by atoms with Gasteiger partial charge in [-0.15, -0.1) is 11.8 Å². The average Bonchev–Trinajstić information content (AvgIpc) is 2.87. The van der Waals surface area contributed by atoms with Crippen molar-refractivity contribution in [1.29, 1.82) is 0 Å². The highest BCUT2D eigenvalue weighted by Gasteiger charge is 2.14. The molecule has 1 aromatic carbocycles.